The molecule has 6 heteroatoms. The van der Waals surface area contributed by atoms with Crippen molar-refractivity contribution in [1.29, 1.82) is 0 Å². The van der Waals surface area contributed by atoms with Gasteiger partial charge in [-0.3, -0.25) is 9.69 Å². The molecule has 1 heterocycles. The molecule has 0 amide bonds. The first-order valence-electron chi connectivity index (χ1n) is 4.54. The summed E-state index contributed by atoms with van der Waals surface area (Å²) >= 11 is 0. The Balaban J connectivity index is 2.66. The van der Waals surface area contributed by atoms with Gasteiger partial charge in [0.15, 0.2) is 9.84 Å². The van der Waals surface area contributed by atoms with Gasteiger partial charge in [-0.25, -0.2) is 8.42 Å². The zero-order valence-corrected chi connectivity index (χ0v) is 9.03. The highest BCUT2D eigenvalue weighted by molar-refractivity contribution is 7.91. The van der Waals surface area contributed by atoms with Crippen LogP contribution in [0.4, 0.5) is 0 Å². The summed E-state index contributed by atoms with van der Waals surface area (Å²) in [6.07, 6.45) is 5.58. The van der Waals surface area contributed by atoms with Gasteiger partial charge in [-0.2, -0.15) is 0 Å². The van der Waals surface area contributed by atoms with E-state index in [2.05, 4.69) is 5.92 Å². The maximum absolute atomic E-state index is 11.2. The highest BCUT2D eigenvalue weighted by Crippen LogP contribution is 2.17. The standard InChI is InChI=1S/C9H13NO4S/c1-2-4-10(6-9(11)12)8-3-5-15(13,14)7-8/h1,8H,3-7H2,(H,11,12). The first-order chi connectivity index (χ1) is 6.94. The number of carboxylic acid groups (broad SMARTS) is 1. The van der Waals surface area contributed by atoms with Gasteiger partial charge in [0.05, 0.1) is 24.6 Å². The molecule has 0 saturated carbocycles. The number of rotatable bonds is 4. The third-order valence-corrected chi connectivity index (χ3v) is 4.11. The van der Waals surface area contributed by atoms with Crippen LogP contribution in [0.5, 0.6) is 0 Å². The molecule has 0 radical (unpaired) electrons. The number of terminal acetylenes is 1. The van der Waals surface area contributed by atoms with E-state index in [0.29, 0.717) is 6.42 Å². The second-order valence-electron chi connectivity index (χ2n) is 3.56. The number of carboxylic acids is 1. The lowest BCUT2D eigenvalue weighted by Gasteiger charge is -2.23. The van der Waals surface area contributed by atoms with E-state index in [0.717, 1.165) is 0 Å². The van der Waals surface area contributed by atoms with Crippen LogP contribution in [0, 0.1) is 12.3 Å². The van der Waals surface area contributed by atoms with E-state index in [1.54, 1.807) is 0 Å². The zero-order valence-electron chi connectivity index (χ0n) is 8.22. The van der Waals surface area contributed by atoms with Crippen molar-refractivity contribution in [2.24, 2.45) is 0 Å². The van der Waals surface area contributed by atoms with Crippen molar-refractivity contribution >= 4 is 15.8 Å². The van der Waals surface area contributed by atoms with Crippen LogP contribution in [0.3, 0.4) is 0 Å². The van der Waals surface area contributed by atoms with Crippen LogP contribution in [0.25, 0.3) is 0 Å². The summed E-state index contributed by atoms with van der Waals surface area (Å²) in [7, 11) is -3.00. The number of hydrogen-bond acceptors (Lipinski definition) is 4. The Morgan fingerprint density at radius 2 is 2.27 bits per heavy atom. The minimum atomic E-state index is -3.00. The fraction of sp³-hybridized carbons (Fsp3) is 0.667. The van der Waals surface area contributed by atoms with Crippen LogP contribution < -0.4 is 0 Å². The Morgan fingerprint density at radius 1 is 1.60 bits per heavy atom. The molecule has 84 valence electrons. The van der Waals surface area contributed by atoms with Gasteiger partial charge in [-0.1, -0.05) is 5.92 Å². The van der Waals surface area contributed by atoms with E-state index in [1.807, 2.05) is 0 Å². The first kappa shape index (κ1) is 12.0. The smallest absolute Gasteiger partial charge is 0.317 e. The summed E-state index contributed by atoms with van der Waals surface area (Å²) in [4.78, 5) is 12.1. The molecule has 0 spiro atoms. The topological polar surface area (TPSA) is 74.7 Å². The molecule has 0 bridgehead atoms. The molecule has 0 aromatic rings. The first-order valence-corrected chi connectivity index (χ1v) is 6.36. The van der Waals surface area contributed by atoms with Crippen molar-refractivity contribution < 1.29 is 18.3 Å². The molecular weight excluding hydrogens is 218 g/mol. The van der Waals surface area contributed by atoms with Crippen LogP contribution in [-0.4, -0.2) is 55.0 Å². The average Bonchev–Trinajstić information content (AvgIpc) is 2.44. The van der Waals surface area contributed by atoms with Crippen molar-refractivity contribution in [3.05, 3.63) is 0 Å². The minimum absolute atomic E-state index is 0.0158. The molecule has 0 aromatic heterocycles. The van der Waals surface area contributed by atoms with E-state index < -0.39 is 15.8 Å². The van der Waals surface area contributed by atoms with Crippen LogP contribution in [0.15, 0.2) is 0 Å². The SMILES string of the molecule is C#CCN(CC(=O)O)C1CCS(=O)(=O)C1. The molecule has 0 aliphatic carbocycles. The fourth-order valence-electron chi connectivity index (χ4n) is 1.67. The maximum atomic E-state index is 11.2. The second-order valence-corrected chi connectivity index (χ2v) is 5.79. The zero-order chi connectivity index (χ0) is 11.5. The molecule has 1 fully saturated rings. The molecule has 15 heavy (non-hydrogen) atoms. The summed E-state index contributed by atoms with van der Waals surface area (Å²) in [5, 5.41) is 8.64. The molecule has 1 aliphatic rings. The molecule has 1 saturated heterocycles. The summed E-state index contributed by atoms with van der Waals surface area (Å²) in [6, 6.07) is -0.248. The van der Waals surface area contributed by atoms with E-state index in [4.69, 9.17) is 11.5 Å². The minimum Gasteiger partial charge on any atom is -0.480 e. The van der Waals surface area contributed by atoms with E-state index in [-0.39, 0.29) is 30.6 Å². The van der Waals surface area contributed by atoms with E-state index in [1.165, 1.54) is 4.90 Å². The third kappa shape index (κ3) is 3.53. The molecule has 5 nitrogen and oxygen atoms in total. The lowest BCUT2D eigenvalue weighted by molar-refractivity contribution is -0.138. The van der Waals surface area contributed by atoms with Crippen LogP contribution in [-0.2, 0) is 14.6 Å². The van der Waals surface area contributed by atoms with Gasteiger partial charge in [-0.05, 0) is 6.42 Å². The van der Waals surface area contributed by atoms with E-state index in [9.17, 15) is 13.2 Å². The average molecular weight is 231 g/mol. The van der Waals surface area contributed by atoms with Crippen molar-refractivity contribution in [1.82, 2.24) is 4.90 Å². The van der Waals surface area contributed by atoms with Gasteiger partial charge in [0, 0.05) is 6.04 Å². The van der Waals surface area contributed by atoms with Gasteiger partial charge in [-0.15, -0.1) is 6.42 Å². The number of sulfone groups is 1. The van der Waals surface area contributed by atoms with Gasteiger partial charge in [0.1, 0.15) is 0 Å². The highest BCUT2D eigenvalue weighted by Gasteiger charge is 2.32. The van der Waals surface area contributed by atoms with Gasteiger partial charge in [0.2, 0.25) is 0 Å². The van der Waals surface area contributed by atoms with Crippen LogP contribution in [0.2, 0.25) is 0 Å². The number of nitrogens with zero attached hydrogens (tertiary/aromatic N) is 1. The fourth-order valence-corrected chi connectivity index (χ4v) is 3.43. The lowest BCUT2D eigenvalue weighted by Crippen LogP contribution is -2.40. The molecule has 1 unspecified atom stereocenters. The predicted molar refractivity (Wildman–Crippen MR) is 55.1 cm³/mol. The third-order valence-electron chi connectivity index (χ3n) is 2.36. The Bertz CT molecular complexity index is 381. The van der Waals surface area contributed by atoms with Crippen LogP contribution >= 0.6 is 0 Å². The number of carbonyl (C=O) groups is 1. The second kappa shape index (κ2) is 4.64. The molecular formula is C9H13NO4S. The van der Waals surface area contributed by atoms with Gasteiger partial charge in [0.25, 0.3) is 0 Å². The van der Waals surface area contributed by atoms with Crippen molar-refractivity contribution in [2.45, 2.75) is 12.5 Å². The predicted octanol–water partition coefficient (Wildman–Crippen LogP) is -0.807. The normalized spacial score (nSPS) is 23.9. The summed E-state index contributed by atoms with van der Waals surface area (Å²) in [6.45, 7) is -0.0309. The Kier molecular flexibility index (Phi) is 3.72. The van der Waals surface area contributed by atoms with E-state index >= 15 is 0 Å². The maximum Gasteiger partial charge on any atom is 0.317 e. The lowest BCUT2D eigenvalue weighted by atomic mass is 10.2. The van der Waals surface area contributed by atoms with Gasteiger partial charge < -0.3 is 5.11 Å². The largest absolute Gasteiger partial charge is 0.480 e. The molecule has 1 rings (SSSR count). The summed E-state index contributed by atoms with van der Waals surface area (Å²) < 4.78 is 22.4. The molecule has 1 atom stereocenters. The Morgan fingerprint density at radius 3 is 2.67 bits per heavy atom. The number of hydrogen-bond donors (Lipinski definition) is 1. The Labute approximate surface area is 89.0 Å². The summed E-state index contributed by atoms with van der Waals surface area (Å²) in [5.41, 5.74) is 0. The molecule has 1 N–H and O–H groups in total. The van der Waals surface area contributed by atoms with Crippen molar-refractivity contribution in [3.8, 4) is 12.3 Å². The quantitative estimate of drug-likeness (QED) is 0.641. The Hall–Kier alpha value is -1.06. The summed E-state index contributed by atoms with van der Waals surface area (Å²) in [5.74, 6) is 1.49. The van der Waals surface area contributed by atoms with Crippen LogP contribution in [0.1, 0.15) is 6.42 Å². The van der Waals surface area contributed by atoms with Crippen molar-refractivity contribution in [3.63, 3.8) is 0 Å². The highest BCUT2D eigenvalue weighted by atomic mass is 32.2. The molecule has 0 aromatic carbocycles. The van der Waals surface area contributed by atoms with Gasteiger partial charge >= 0.3 is 5.97 Å². The number of aliphatic carboxylic acids is 1. The monoisotopic (exact) mass is 231 g/mol. The molecule has 1 aliphatic heterocycles. The van der Waals surface area contributed by atoms with Crippen molar-refractivity contribution in [2.75, 3.05) is 24.6 Å².